The molecule has 96 valence electrons. The Hall–Kier alpha value is -1.00. The van der Waals surface area contributed by atoms with Gasteiger partial charge in [0.1, 0.15) is 11.6 Å². The Morgan fingerprint density at radius 3 is 2.71 bits per heavy atom. The van der Waals surface area contributed by atoms with Crippen LogP contribution < -0.4 is 5.32 Å². The summed E-state index contributed by atoms with van der Waals surface area (Å²) < 4.78 is 32.1. The van der Waals surface area contributed by atoms with Crippen LogP contribution in [0.1, 0.15) is 31.9 Å². The lowest BCUT2D eigenvalue weighted by molar-refractivity contribution is 0.111. The fraction of sp³-hybridized carbons (Fsp3) is 0.538. The summed E-state index contributed by atoms with van der Waals surface area (Å²) in [6, 6.07) is 3.18. The zero-order valence-electron chi connectivity index (χ0n) is 10.3. The largest absolute Gasteiger partial charge is 0.379 e. The highest BCUT2D eigenvalue weighted by Gasteiger charge is 2.15. The zero-order chi connectivity index (χ0) is 12.7. The van der Waals surface area contributed by atoms with Crippen LogP contribution in [0.2, 0.25) is 0 Å². The molecule has 0 radical (unpaired) electrons. The van der Waals surface area contributed by atoms with E-state index in [1.165, 1.54) is 6.07 Å². The van der Waals surface area contributed by atoms with E-state index in [0.717, 1.165) is 18.6 Å². The average molecular weight is 243 g/mol. The second-order valence-corrected chi connectivity index (χ2v) is 3.85. The monoisotopic (exact) mass is 243 g/mol. The van der Waals surface area contributed by atoms with Crippen molar-refractivity contribution in [2.24, 2.45) is 0 Å². The number of benzene rings is 1. The third-order valence-electron chi connectivity index (χ3n) is 2.42. The molecule has 1 atom stereocenters. The molecule has 0 aliphatic rings. The first-order valence-corrected chi connectivity index (χ1v) is 5.95. The Kier molecular flexibility index (Phi) is 6.08. The molecule has 1 N–H and O–H groups in total. The molecule has 1 aromatic rings. The van der Waals surface area contributed by atoms with Gasteiger partial charge in [0.25, 0.3) is 0 Å². The molecule has 17 heavy (non-hydrogen) atoms. The van der Waals surface area contributed by atoms with Gasteiger partial charge < -0.3 is 10.1 Å². The molecule has 0 aliphatic carbocycles. The summed E-state index contributed by atoms with van der Waals surface area (Å²) >= 11 is 0. The molecule has 0 heterocycles. The van der Waals surface area contributed by atoms with Crippen molar-refractivity contribution in [3.63, 3.8) is 0 Å². The molecule has 0 fully saturated rings. The molecule has 4 heteroatoms. The number of hydrogen-bond acceptors (Lipinski definition) is 2. The Balaban J connectivity index is 2.77. The first-order chi connectivity index (χ1) is 8.19. The molecule has 2 nitrogen and oxygen atoms in total. The van der Waals surface area contributed by atoms with Crippen LogP contribution in [0.5, 0.6) is 0 Å². The molecule has 0 saturated heterocycles. The first-order valence-electron chi connectivity index (χ1n) is 5.95. The van der Waals surface area contributed by atoms with Gasteiger partial charge in [-0.25, -0.2) is 8.78 Å². The highest BCUT2D eigenvalue weighted by molar-refractivity contribution is 5.22. The average Bonchev–Trinajstić information content (AvgIpc) is 2.32. The van der Waals surface area contributed by atoms with E-state index in [4.69, 9.17) is 4.74 Å². The molecule has 0 amide bonds. The molecule has 0 bridgehead atoms. The molecule has 1 aromatic carbocycles. The normalized spacial score (nSPS) is 12.7. The highest BCUT2D eigenvalue weighted by Crippen LogP contribution is 2.18. The zero-order valence-corrected chi connectivity index (χ0v) is 10.3. The topological polar surface area (TPSA) is 21.3 Å². The summed E-state index contributed by atoms with van der Waals surface area (Å²) in [5.41, 5.74) is 0.322. The first kappa shape index (κ1) is 14.1. The third-order valence-corrected chi connectivity index (χ3v) is 2.42. The van der Waals surface area contributed by atoms with Crippen molar-refractivity contribution in [3.8, 4) is 0 Å². The lowest BCUT2D eigenvalue weighted by Gasteiger charge is -2.19. The van der Waals surface area contributed by atoms with Crippen LogP contribution in [0.3, 0.4) is 0 Å². The number of nitrogens with one attached hydrogen (secondary N) is 1. The van der Waals surface area contributed by atoms with E-state index in [0.29, 0.717) is 25.3 Å². The van der Waals surface area contributed by atoms with Gasteiger partial charge in [-0.1, -0.05) is 13.8 Å². The standard InChI is InChI=1S/C13H19F2NO/c1-3-7-17-9-13(16-4-2)11-8-10(14)5-6-12(11)15/h5-6,8,13,16H,3-4,7,9H2,1-2H3. The number of rotatable bonds is 7. The van der Waals surface area contributed by atoms with E-state index in [1.54, 1.807) is 0 Å². The van der Waals surface area contributed by atoms with E-state index in [2.05, 4.69) is 5.32 Å². The SMILES string of the molecule is CCCOCC(NCC)c1cc(F)ccc1F. The minimum Gasteiger partial charge on any atom is -0.379 e. The smallest absolute Gasteiger partial charge is 0.128 e. The third kappa shape index (κ3) is 4.40. The van der Waals surface area contributed by atoms with Crippen molar-refractivity contribution < 1.29 is 13.5 Å². The summed E-state index contributed by atoms with van der Waals surface area (Å²) in [5, 5.41) is 3.09. The number of likely N-dealkylation sites (N-methyl/N-ethyl adjacent to an activating group) is 1. The Morgan fingerprint density at radius 1 is 1.29 bits per heavy atom. The Labute approximate surface area is 101 Å². The van der Waals surface area contributed by atoms with E-state index >= 15 is 0 Å². The van der Waals surface area contributed by atoms with Gasteiger partial charge in [-0.15, -0.1) is 0 Å². The maximum atomic E-state index is 13.6. The quantitative estimate of drug-likeness (QED) is 0.743. The van der Waals surface area contributed by atoms with E-state index < -0.39 is 11.6 Å². The fourth-order valence-corrected chi connectivity index (χ4v) is 1.63. The van der Waals surface area contributed by atoms with Crippen molar-refractivity contribution in [2.75, 3.05) is 19.8 Å². The predicted molar refractivity (Wildman–Crippen MR) is 63.9 cm³/mol. The molecule has 0 saturated carbocycles. The van der Waals surface area contributed by atoms with E-state index in [-0.39, 0.29) is 6.04 Å². The second kappa shape index (κ2) is 7.35. The summed E-state index contributed by atoms with van der Waals surface area (Å²) in [6.45, 7) is 5.58. The lowest BCUT2D eigenvalue weighted by Crippen LogP contribution is -2.26. The minimum atomic E-state index is -0.431. The molecular formula is C13H19F2NO. The van der Waals surface area contributed by atoms with Crippen LogP contribution in [0.15, 0.2) is 18.2 Å². The van der Waals surface area contributed by atoms with Crippen molar-refractivity contribution in [1.82, 2.24) is 5.32 Å². The van der Waals surface area contributed by atoms with Crippen LogP contribution >= 0.6 is 0 Å². The molecule has 0 aliphatic heterocycles. The lowest BCUT2D eigenvalue weighted by atomic mass is 10.1. The predicted octanol–water partition coefficient (Wildman–Crippen LogP) is 3.04. The number of halogens is 2. The van der Waals surface area contributed by atoms with Gasteiger partial charge in [0.05, 0.1) is 12.6 Å². The van der Waals surface area contributed by atoms with Crippen molar-refractivity contribution in [2.45, 2.75) is 26.3 Å². The summed E-state index contributed by atoms with van der Waals surface area (Å²) in [6.07, 6.45) is 0.907. The molecule has 0 spiro atoms. The second-order valence-electron chi connectivity index (χ2n) is 3.85. The molecule has 1 rings (SSSR count). The highest BCUT2D eigenvalue weighted by atomic mass is 19.1. The maximum absolute atomic E-state index is 13.6. The molecule has 0 aromatic heterocycles. The van der Waals surface area contributed by atoms with E-state index in [1.807, 2.05) is 13.8 Å². The molecular weight excluding hydrogens is 224 g/mol. The summed E-state index contributed by atoms with van der Waals surface area (Å²) in [5.74, 6) is -0.836. The van der Waals surface area contributed by atoms with Crippen LogP contribution in [0, 0.1) is 11.6 Å². The van der Waals surface area contributed by atoms with Crippen LogP contribution in [-0.4, -0.2) is 19.8 Å². The summed E-state index contributed by atoms with van der Waals surface area (Å²) in [7, 11) is 0. The number of ether oxygens (including phenoxy) is 1. The minimum absolute atomic E-state index is 0.303. The van der Waals surface area contributed by atoms with Crippen LogP contribution in [0.4, 0.5) is 8.78 Å². The van der Waals surface area contributed by atoms with Crippen molar-refractivity contribution >= 4 is 0 Å². The van der Waals surface area contributed by atoms with Gasteiger partial charge in [0.15, 0.2) is 0 Å². The van der Waals surface area contributed by atoms with Gasteiger partial charge in [0, 0.05) is 12.2 Å². The van der Waals surface area contributed by atoms with Crippen LogP contribution in [-0.2, 0) is 4.74 Å². The van der Waals surface area contributed by atoms with Gasteiger partial charge in [-0.2, -0.15) is 0 Å². The van der Waals surface area contributed by atoms with Gasteiger partial charge in [-0.3, -0.25) is 0 Å². The molecule has 1 unspecified atom stereocenters. The fourth-order valence-electron chi connectivity index (χ4n) is 1.63. The van der Waals surface area contributed by atoms with Crippen LogP contribution in [0.25, 0.3) is 0 Å². The van der Waals surface area contributed by atoms with Gasteiger partial charge in [-0.05, 0) is 31.2 Å². The van der Waals surface area contributed by atoms with Gasteiger partial charge >= 0.3 is 0 Å². The summed E-state index contributed by atoms with van der Waals surface area (Å²) in [4.78, 5) is 0. The van der Waals surface area contributed by atoms with Crippen molar-refractivity contribution in [3.05, 3.63) is 35.4 Å². The number of hydrogen-bond donors (Lipinski definition) is 1. The van der Waals surface area contributed by atoms with E-state index in [9.17, 15) is 8.78 Å². The maximum Gasteiger partial charge on any atom is 0.128 e. The van der Waals surface area contributed by atoms with Crippen molar-refractivity contribution in [1.29, 1.82) is 0 Å². The van der Waals surface area contributed by atoms with Gasteiger partial charge in [0.2, 0.25) is 0 Å². The Bertz CT molecular complexity index is 344. The Morgan fingerprint density at radius 2 is 2.06 bits per heavy atom.